The number of nitrogens with one attached hydrogen (secondary N) is 1. The zero-order chi connectivity index (χ0) is 24.4. The molecule has 1 atom stereocenters. The summed E-state index contributed by atoms with van der Waals surface area (Å²) >= 11 is 6.31. The van der Waals surface area contributed by atoms with Crippen molar-refractivity contribution in [1.29, 1.82) is 0 Å². The Hall–Kier alpha value is -2.58. The van der Waals surface area contributed by atoms with Gasteiger partial charge in [-0.2, -0.15) is 0 Å². The van der Waals surface area contributed by atoms with Crippen LogP contribution < -0.4 is 9.62 Å². The Kier molecular flexibility index (Phi) is 10.2. The van der Waals surface area contributed by atoms with Crippen LogP contribution in [0.4, 0.5) is 5.69 Å². The SMILES string of the molecule is CCNC(=O)[C@@H](CC)N(Cc1ccccc1Cl)C(=O)CCCN(c1ccccc1)S(C)(=O)=O. The van der Waals surface area contributed by atoms with Gasteiger partial charge in [0.2, 0.25) is 21.8 Å². The molecule has 0 saturated carbocycles. The second-order valence-electron chi connectivity index (χ2n) is 7.71. The van der Waals surface area contributed by atoms with Crippen LogP contribution in [0.2, 0.25) is 5.02 Å². The number of anilines is 1. The van der Waals surface area contributed by atoms with Crippen LogP contribution in [-0.2, 0) is 26.2 Å². The summed E-state index contributed by atoms with van der Waals surface area (Å²) in [7, 11) is -3.51. The van der Waals surface area contributed by atoms with Gasteiger partial charge in [-0.05, 0) is 43.5 Å². The topological polar surface area (TPSA) is 86.8 Å². The zero-order valence-corrected chi connectivity index (χ0v) is 20.9. The molecule has 0 bridgehead atoms. The molecule has 0 saturated heterocycles. The zero-order valence-electron chi connectivity index (χ0n) is 19.3. The van der Waals surface area contributed by atoms with Crippen LogP contribution in [0.15, 0.2) is 54.6 Å². The maximum atomic E-state index is 13.3. The van der Waals surface area contributed by atoms with E-state index < -0.39 is 16.1 Å². The molecular weight excluding hydrogens is 462 g/mol. The molecule has 180 valence electrons. The van der Waals surface area contributed by atoms with E-state index in [4.69, 9.17) is 11.6 Å². The number of nitrogens with zero attached hydrogens (tertiary/aromatic N) is 2. The number of likely N-dealkylation sites (N-methyl/N-ethyl adjacent to an activating group) is 1. The molecule has 0 spiro atoms. The molecule has 0 heterocycles. The fourth-order valence-corrected chi connectivity index (χ4v) is 4.78. The number of carbonyl (C=O) groups excluding carboxylic acids is 2. The first-order valence-corrected chi connectivity index (χ1v) is 13.2. The van der Waals surface area contributed by atoms with Gasteiger partial charge in [0.05, 0.1) is 11.9 Å². The van der Waals surface area contributed by atoms with Gasteiger partial charge in [0, 0.05) is 31.1 Å². The van der Waals surface area contributed by atoms with Crippen LogP contribution in [0.1, 0.15) is 38.7 Å². The van der Waals surface area contributed by atoms with Crippen LogP contribution >= 0.6 is 11.6 Å². The molecule has 9 heteroatoms. The molecule has 2 rings (SSSR count). The number of carbonyl (C=O) groups is 2. The van der Waals surface area contributed by atoms with Crippen molar-refractivity contribution in [3.05, 3.63) is 65.2 Å². The molecule has 2 amide bonds. The van der Waals surface area contributed by atoms with E-state index in [-0.39, 0.29) is 31.3 Å². The standard InChI is InChI=1S/C24H32ClN3O4S/c1-4-22(24(30)26-5-2)27(18-19-12-9-10-15-21(19)25)23(29)16-11-17-28(33(3,31)32)20-13-7-6-8-14-20/h6-10,12-15,22H,4-5,11,16-18H2,1-3H3,(H,26,30)/t22-/m1/s1. The second kappa shape index (κ2) is 12.6. The third-order valence-electron chi connectivity index (χ3n) is 5.23. The Labute approximate surface area is 201 Å². The maximum Gasteiger partial charge on any atom is 0.242 e. The van der Waals surface area contributed by atoms with Gasteiger partial charge >= 0.3 is 0 Å². The number of benzene rings is 2. The molecule has 7 nitrogen and oxygen atoms in total. The second-order valence-corrected chi connectivity index (χ2v) is 10.0. The molecule has 33 heavy (non-hydrogen) atoms. The highest BCUT2D eigenvalue weighted by Crippen LogP contribution is 2.22. The highest BCUT2D eigenvalue weighted by atomic mass is 35.5. The summed E-state index contributed by atoms with van der Waals surface area (Å²) < 4.78 is 25.9. The molecule has 2 aromatic rings. The van der Waals surface area contributed by atoms with Gasteiger partial charge in [-0.15, -0.1) is 0 Å². The molecule has 0 aromatic heterocycles. The van der Waals surface area contributed by atoms with E-state index in [9.17, 15) is 18.0 Å². The van der Waals surface area contributed by atoms with Crippen LogP contribution in [0, 0.1) is 0 Å². The number of hydrogen-bond donors (Lipinski definition) is 1. The monoisotopic (exact) mass is 493 g/mol. The Bertz CT molecular complexity index is 1030. The first-order valence-electron chi connectivity index (χ1n) is 11.0. The Balaban J connectivity index is 2.19. The van der Waals surface area contributed by atoms with Gasteiger partial charge in [-0.25, -0.2) is 8.42 Å². The van der Waals surface area contributed by atoms with E-state index in [1.54, 1.807) is 35.2 Å². The predicted molar refractivity (Wildman–Crippen MR) is 133 cm³/mol. The maximum absolute atomic E-state index is 13.3. The lowest BCUT2D eigenvalue weighted by Crippen LogP contribution is -2.49. The largest absolute Gasteiger partial charge is 0.355 e. The lowest BCUT2D eigenvalue weighted by molar-refractivity contribution is -0.141. The lowest BCUT2D eigenvalue weighted by Gasteiger charge is -2.31. The quantitative estimate of drug-likeness (QED) is 0.486. The van der Waals surface area contributed by atoms with E-state index in [1.807, 2.05) is 38.1 Å². The highest BCUT2D eigenvalue weighted by Gasteiger charge is 2.29. The van der Waals surface area contributed by atoms with Gasteiger partial charge in [0.1, 0.15) is 6.04 Å². The number of para-hydroxylation sites is 1. The molecular formula is C24H32ClN3O4S. The van der Waals surface area contributed by atoms with Crippen molar-refractivity contribution in [2.75, 3.05) is 23.7 Å². The fourth-order valence-electron chi connectivity index (χ4n) is 3.62. The number of amides is 2. The smallest absolute Gasteiger partial charge is 0.242 e. The summed E-state index contributed by atoms with van der Waals surface area (Å²) in [4.78, 5) is 27.5. The summed E-state index contributed by atoms with van der Waals surface area (Å²) in [5.74, 6) is -0.447. The average Bonchev–Trinajstić information content (AvgIpc) is 2.77. The highest BCUT2D eigenvalue weighted by molar-refractivity contribution is 7.92. The van der Waals surface area contributed by atoms with Crippen molar-refractivity contribution in [2.45, 2.75) is 45.7 Å². The third-order valence-corrected chi connectivity index (χ3v) is 6.79. The predicted octanol–water partition coefficient (Wildman–Crippen LogP) is 3.83. The van der Waals surface area contributed by atoms with E-state index in [0.717, 1.165) is 11.8 Å². The van der Waals surface area contributed by atoms with Gasteiger partial charge in [-0.1, -0.05) is 54.9 Å². The summed E-state index contributed by atoms with van der Waals surface area (Å²) in [6.07, 6.45) is 2.00. The minimum absolute atomic E-state index is 0.0964. The van der Waals surface area contributed by atoms with Crippen LogP contribution in [0.5, 0.6) is 0 Å². The number of sulfonamides is 1. The van der Waals surface area contributed by atoms with Gasteiger partial charge in [0.15, 0.2) is 0 Å². The Morgan fingerprint density at radius 3 is 2.24 bits per heavy atom. The summed E-state index contributed by atoms with van der Waals surface area (Å²) in [5, 5.41) is 3.32. The van der Waals surface area contributed by atoms with Gasteiger partial charge in [0.25, 0.3) is 0 Å². The fraction of sp³-hybridized carbons (Fsp3) is 0.417. The molecule has 1 N–H and O–H groups in total. The van der Waals surface area contributed by atoms with E-state index >= 15 is 0 Å². The molecule has 0 aliphatic rings. The van der Waals surface area contributed by atoms with E-state index in [0.29, 0.717) is 30.1 Å². The van der Waals surface area contributed by atoms with Crippen molar-refractivity contribution in [3.63, 3.8) is 0 Å². The first-order chi connectivity index (χ1) is 15.7. The van der Waals surface area contributed by atoms with E-state index in [1.165, 1.54) is 4.31 Å². The average molecular weight is 494 g/mol. The number of rotatable bonds is 12. The van der Waals surface area contributed by atoms with E-state index in [2.05, 4.69) is 5.32 Å². The molecule has 0 radical (unpaired) electrons. The van der Waals surface area contributed by atoms with Crippen molar-refractivity contribution < 1.29 is 18.0 Å². The van der Waals surface area contributed by atoms with Crippen LogP contribution in [-0.4, -0.2) is 50.5 Å². The lowest BCUT2D eigenvalue weighted by atomic mass is 10.1. The minimum atomic E-state index is -3.51. The Morgan fingerprint density at radius 2 is 1.67 bits per heavy atom. The third kappa shape index (κ3) is 7.75. The molecule has 0 unspecified atom stereocenters. The summed E-state index contributed by atoms with van der Waals surface area (Å²) in [6.45, 7) is 4.50. The summed E-state index contributed by atoms with van der Waals surface area (Å²) in [5.41, 5.74) is 1.30. The summed E-state index contributed by atoms with van der Waals surface area (Å²) in [6, 6.07) is 15.3. The molecule has 0 aliphatic carbocycles. The van der Waals surface area contributed by atoms with Crippen LogP contribution in [0.3, 0.4) is 0 Å². The molecule has 0 fully saturated rings. The van der Waals surface area contributed by atoms with Gasteiger partial charge in [-0.3, -0.25) is 13.9 Å². The minimum Gasteiger partial charge on any atom is -0.355 e. The molecule has 2 aromatic carbocycles. The number of halogens is 1. The van der Waals surface area contributed by atoms with Crippen molar-refractivity contribution in [1.82, 2.24) is 10.2 Å². The van der Waals surface area contributed by atoms with Crippen molar-refractivity contribution in [3.8, 4) is 0 Å². The van der Waals surface area contributed by atoms with Gasteiger partial charge < -0.3 is 10.2 Å². The normalized spacial score (nSPS) is 12.1. The van der Waals surface area contributed by atoms with Crippen LogP contribution in [0.25, 0.3) is 0 Å². The first kappa shape index (κ1) is 26.7. The Morgan fingerprint density at radius 1 is 1.03 bits per heavy atom. The molecule has 0 aliphatic heterocycles. The van der Waals surface area contributed by atoms with Crippen molar-refractivity contribution in [2.24, 2.45) is 0 Å². The number of hydrogen-bond acceptors (Lipinski definition) is 4. The van der Waals surface area contributed by atoms with Crippen molar-refractivity contribution >= 4 is 39.1 Å².